The van der Waals surface area contributed by atoms with Crippen molar-refractivity contribution in [2.45, 2.75) is 13.1 Å². The predicted molar refractivity (Wildman–Crippen MR) is 77.3 cm³/mol. The van der Waals surface area contributed by atoms with Crippen molar-refractivity contribution < 1.29 is 4.74 Å². The van der Waals surface area contributed by atoms with Gasteiger partial charge in [-0.25, -0.2) is 0 Å². The predicted octanol–water partition coefficient (Wildman–Crippen LogP) is 2.54. The van der Waals surface area contributed by atoms with Crippen LogP contribution in [0.3, 0.4) is 0 Å². The van der Waals surface area contributed by atoms with Gasteiger partial charge in [-0.3, -0.25) is 0 Å². The normalized spacial score (nSPS) is 13.8. The summed E-state index contributed by atoms with van der Waals surface area (Å²) in [5, 5.41) is 0. The molecule has 0 radical (unpaired) electrons. The number of nitrogens with zero attached hydrogens (tertiary/aromatic N) is 1. The standard InChI is InChI=1S/C16H18N2O/c17-11-13-5-1-2-6-14(13)12-18-9-10-19-16-8-4-3-7-15(16)18/h1-8H,9-12,17H2. The van der Waals surface area contributed by atoms with Gasteiger partial charge in [-0.05, 0) is 23.3 Å². The monoisotopic (exact) mass is 254 g/mol. The third-order valence-electron chi connectivity index (χ3n) is 3.52. The summed E-state index contributed by atoms with van der Waals surface area (Å²) in [5.41, 5.74) is 9.48. The Kier molecular flexibility index (Phi) is 3.38. The van der Waals surface area contributed by atoms with Gasteiger partial charge < -0.3 is 15.4 Å². The van der Waals surface area contributed by atoms with Gasteiger partial charge in [0.05, 0.1) is 12.2 Å². The molecule has 1 aliphatic rings. The second-order valence-corrected chi connectivity index (χ2v) is 4.71. The van der Waals surface area contributed by atoms with E-state index < -0.39 is 0 Å². The highest BCUT2D eigenvalue weighted by molar-refractivity contribution is 5.60. The van der Waals surface area contributed by atoms with Crippen molar-refractivity contribution in [2.24, 2.45) is 5.73 Å². The van der Waals surface area contributed by atoms with E-state index >= 15 is 0 Å². The van der Waals surface area contributed by atoms with Crippen LogP contribution in [-0.2, 0) is 13.1 Å². The zero-order valence-electron chi connectivity index (χ0n) is 10.9. The zero-order valence-corrected chi connectivity index (χ0v) is 10.9. The van der Waals surface area contributed by atoms with Gasteiger partial charge in [-0.15, -0.1) is 0 Å². The largest absolute Gasteiger partial charge is 0.490 e. The summed E-state index contributed by atoms with van der Waals surface area (Å²) in [7, 11) is 0. The molecule has 3 rings (SSSR count). The van der Waals surface area contributed by atoms with Crippen molar-refractivity contribution in [1.29, 1.82) is 0 Å². The first-order valence-corrected chi connectivity index (χ1v) is 6.62. The molecular weight excluding hydrogens is 236 g/mol. The van der Waals surface area contributed by atoms with E-state index in [0.717, 1.165) is 25.4 Å². The molecule has 98 valence electrons. The Hall–Kier alpha value is -2.00. The average Bonchev–Trinajstić information content (AvgIpc) is 2.48. The van der Waals surface area contributed by atoms with Crippen LogP contribution in [0.5, 0.6) is 5.75 Å². The molecule has 0 fully saturated rings. The SMILES string of the molecule is NCc1ccccc1CN1CCOc2ccccc21. The fourth-order valence-corrected chi connectivity index (χ4v) is 2.51. The van der Waals surface area contributed by atoms with Crippen molar-refractivity contribution in [1.82, 2.24) is 0 Å². The Balaban J connectivity index is 1.88. The molecule has 0 aliphatic carbocycles. The average molecular weight is 254 g/mol. The molecule has 0 aromatic heterocycles. The van der Waals surface area contributed by atoms with Crippen LogP contribution in [0.25, 0.3) is 0 Å². The van der Waals surface area contributed by atoms with Gasteiger partial charge in [0.25, 0.3) is 0 Å². The Morgan fingerprint density at radius 2 is 1.74 bits per heavy atom. The molecular formula is C16H18N2O. The number of nitrogens with two attached hydrogens (primary N) is 1. The van der Waals surface area contributed by atoms with E-state index in [1.54, 1.807) is 0 Å². The third kappa shape index (κ3) is 2.42. The van der Waals surface area contributed by atoms with E-state index in [0.29, 0.717) is 6.54 Å². The number of anilines is 1. The second-order valence-electron chi connectivity index (χ2n) is 4.71. The van der Waals surface area contributed by atoms with Crippen molar-refractivity contribution in [3.05, 3.63) is 59.7 Å². The molecule has 19 heavy (non-hydrogen) atoms. The Morgan fingerprint density at radius 3 is 2.58 bits per heavy atom. The maximum Gasteiger partial charge on any atom is 0.142 e. The molecule has 2 aromatic carbocycles. The van der Waals surface area contributed by atoms with Gasteiger partial charge in [0.15, 0.2) is 0 Å². The van der Waals surface area contributed by atoms with Gasteiger partial charge in [0, 0.05) is 13.1 Å². The molecule has 0 saturated heterocycles. The summed E-state index contributed by atoms with van der Waals surface area (Å²) in [5.74, 6) is 0.971. The minimum Gasteiger partial charge on any atom is -0.490 e. The van der Waals surface area contributed by atoms with Crippen LogP contribution in [0.2, 0.25) is 0 Å². The summed E-state index contributed by atoms with van der Waals surface area (Å²) < 4.78 is 5.68. The Labute approximate surface area is 113 Å². The minimum atomic E-state index is 0.585. The first kappa shape index (κ1) is 12.1. The molecule has 2 aromatic rings. The van der Waals surface area contributed by atoms with Crippen LogP contribution in [0, 0.1) is 0 Å². The second kappa shape index (κ2) is 5.33. The smallest absolute Gasteiger partial charge is 0.142 e. The molecule has 1 aliphatic heterocycles. The van der Waals surface area contributed by atoms with Crippen LogP contribution in [0.15, 0.2) is 48.5 Å². The molecule has 0 saturated carbocycles. The van der Waals surface area contributed by atoms with Crippen LogP contribution in [0.1, 0.15) is 11.1 Å². The maximum absolute atomic E-state index is 5.81. The van der Waals surface area contributed by atoms with Crippen molar-refractivity contribution in [3.8, 4) is 5.75 Å². The lowest BCUT2D eigenvalue weighted by Gasteiger charge is -2.31. The van der Waals surface area contributed by atoms with Crippen LogP contribution < -0.4 is 15.4 Å². The van der Waals surface area contributed by atoms with Gasteiger partial charge in [-0.1, -0.05) is 36.4 Å². The quantitative estimate of drug-likeness (QED) is 0.914. The number of hydrogen-bond donors (Lipinski definition) is 1. The van der Waals surface area contributed by atoms with E-state index in [2.05, 4.69) is 35.2 Å². The van der Waals surface area contributed by atoms with E-state index in [9.17, 15) is 0 Å². The first-order valence-electron chi connectivity index (χ1n) is 6.62. The summed E-state index contributed by atoms with van der Waals surface area (Å²) in [6.45, 7) is 3.12. The van der Waals surface area contributed by atoms with Crippen molar-refractivity contribution in [3.63, 3.8) is 0 Å². The fraction of sp³-hybridized carbons (Fsp3) is 0.250. The fourth-order valence-electron chi connectivity index (χ4n) is 2.51. The molecule has 1 heterocycles. The van der Waals surface area contributed by atoms with Crippen molar-refractivity contribution in [2.75, 3.05) is 18.1 Å². The van der Waals surface area contributed by atoms with Gasteiger partial charge in [-0.2, -0.15) is 0 Å². The van der Waals surface area contributed by atoms with Gasteiger partial charge >= 0.3 is 0 Å². The summed E-state index contributed by atoms with van der Waals surface area (Å²) in [6.07, 6.45) is 0. The molecule has 3 nitrogen and oxygen atoms in total. The molecule has 0 atom stereocenters. The molecule has 0 amide bonds. The van der Waals surface area contributed by atoms with E-state index in [1.807, 2.05) is 18.2 Å². The van der Waals surface area contributed by atoms with E-state index in [1.165, 1.54) is 16.8 Å². The molecule has 0 bridgehead atoms. The number of rotatable bonds is 3. The number of hydrogen-bond acceptors (Lipinski definition) is 3. The van der Waals surface area contributed by atoms with Crippen LogP contribution >= 0.6 is 0 Å². The van der Waals surface area contributed by atoms with Gasteiger partial charge in [0.2, 0.25) is 0 Å². The van der Waals surface area contributed by atoms with Gasteiger partial charge in [0.1, 0.15) is 12.4 Å². The van der Waals surface area contributed by atoms with E-state index in [4.69, 9.17) is 10.5 Å². The van der Waals surface area contributed by atoms with Crippen LogP contribution in [0.4, 0.5) is 5.69 Å². The summed E-state index contributed by atoms with van der Waals surface area (Å²) in [4.78, 5) is 2.35. The van der Waals surface area contributed by atoms with Crippen molar-refractivity contribution >= 4 is 5.69 Å². The van der Waals surface area contributed by atoms with E-state index in [-0.39, 0.29) is 0 Å². The Bertz CT molecular complexity index is 568. The molecule has 2 N–H and O–H groups in total. The maximum atomic E-state index is 5.81. The minimum absolute atomic E-state index is 0.585. The lowest BCUT2D eigenvalue weighted by atomic mass is 10.1. The number of para-hydroxylation sites is 2. The highest BCUT2D eigenvalue weighted by atomic mass is 16.5. The highest BCUT2D eigenvalue weighted by Crippen LogP contribution is 2.32. The lowest BCUT2D eigenvalue weighted by Crippen LogP contribution is -2.32. The number of ether oxygens (including phenoxy) is 1. The summed E-state index contributed by atoms with van der Waals surface area (Å²) >= 11 is 0. The lowest BCUT2D eigenvalue weighted by molar-refractivity contribution is 0.307. The molecule has 0 unspecified atom stereocenters. The molecule has 0 spiro atoms. The topological polar surface area (TPSA) is 38.5 Å². The van der Waals surface area contributed by atoms with Crippen LogP contribution in [-0.4, -0.2) is 13.2 Å². The first-order chi connectivity index (χ1) is 9.38. The number of benzene rings is 2. The number of fused-ring (bicyclic) bond motifs is 1. The summed E-state index contributed by atoms with van der Waals surface area (Å²) in [6, 6.07) is 16.6. The Morgan fingerprint density at radius 1 is 1.00 bits per heavy atom. The molecule has 3 heteroatoms. The third-order valence-corrected chi connectivity index (χ3v) is 3.52. The zero-order chi connectivity index (χ0) is 13.1. The highest BCUT2D eigenvalue weighted by Gasteiger charge is 2.18.